The molecule has 3 heteroatoms. The summed E-state index contributed by atoms with van der Waals surface area (Å²) in [7, 11) is 0. The second-order valence-electron chi connectivity index (χ2n) is 5.71. The first-order valence-electron chi connectivity index (χ1n) is 7.30. The minimum atomic E-state index is 0.123. The van der Waals surface area contributed by atoms with Gasteiger partial charge in [-0.15, -0.1) is 22.9 Å². The first kappa shape index (κ1) is 14.1. The van der Waals surface area contributed by atoms with Crippen LogP contribution in [-0.4, -0.2) is 4.98 Å². The van der Waals surface area contributed by atoms with E-state index >= 15 is 0 Å². The molecule has 1 nitrogen and oxygen atoms in total. The predicted molar refractivity (Wildman–Crippen MR) is 86.8 cm³/mol. The monoisotopic (exact) mass is 305 g/mol. The van der Waals surface area contributed by atoms with Crippen LogP contribution in [0.3, 0.4) is 0 Å². The first-order chi connectivity index (χ1) is 9.65. The van der Waals surface area contributed by atoms with Gasteiger partial charge in [-0.2, -0.15) is 0 Å². The van der Waals surface area contributed by atoms with E-state index in [1.807, 2.05) is 11.3 Å². The number of hydrogen-bond donors (Lipinski definition) is 0. The van der Waals surface area contributed by atoms with E-state index in [9.17, 15) is 0 Å². The number of nitrogens with zero attached hydrogens (tertiary/aromatic N) is 1. The Labute approximate surface area is 130 Å². The van der Waals surface area contributed by atoms with Gasteiger partial charge in [0.15, 0.2) is 0 Å². The highest BCUT2D eigenvalue weighted by molar-refractivity contribution is 7.11. The van der Waals surface area contributed by atoms with Gasteiger partial charge in [0, 0.05) is 11.3 Å². The molecule has 0 aliphatic heterocycles. The van der Waals surface area contributed by atoms with E-state index in [1.54, 1.807) is 0 Å². The summed E-state index contributed by atoms with van der Waals surface area (Å²) in [6.07, 6.45) is 4.60. The molecule has 1 heterocycles. The Bertz CT molecular complexity index is 585. The van der Waals surface area contributed by atoms with Gasteiger partial charge in [0.05, 0.1) is 16.1 Å². The standard InChI is InChI=1S/C17H20ClNS/c1-11-12(2)20-16(19-11)10-14-8-5-7-13-6-3-4-9-15(13)17(14)18/h3-4,6,9,14,17H,5,7-8,10H2,1-2H3. The quantitative estimate of drug-likeness (QED) is 0.546. The second-order valence-corrected chi connectivity index (χ2v) is 7.46. The Hall–Kier alpha value is -0.860. The summed E-state index contributed by atoms with van der Waals surface area (Å²) in [5.74, 6) is 0.505. The second kappa shape index (κ2) is 5.87. The average molecular weight is 306 g/mol. The molecule has 20 heavy (non-hydrogen) atoms. The van der Waals surface area contributed by atoms with Crippen molar-refractivity contribution in [1.29, 1.82) is 0 Å². The van der Waals surface area contributed by atoms with Crippen LogP contribution in [0, 0.1) is 19.8 Å². The van der Waals surface area contributed by atoms with Gasteiger partial charge in [0.1, 0.15) is 0 Å². The molecule has 1 aliphatic carbocycles. The smallest absolute Gasteiger partial charge is 0.0934 e. The molecule has 0 fully saturated rings. The number of alkyl halides is 1. The highest BCUT2D eigenvalue weighted by atomic mass is 35.5. The van der Waals surface area contributed by atoms with Crippen LogP contribution in [0.25, 0.3) is 0 Å². The van der Waals surface area contributed by atoms with Crippen molar-refractivity contribution < 1.29 is 0 Å². The predicted octanol–water partition coefficient (Wildman–Crippen LogP) is 5.24. The fourth-order valence-corrected chi connectivity index (χ4v) is 4.50. The van der Waals surface area contributed by atoms with Crippen molar-refractivity contribution in [1.82, 2.24) is 4.98 Å². The van der Waals surface area contributed by atoms with Crippen LogP contribution >= 0.6 is 22.9 Å². The Morgan fingerprint density at radius 3 is 2.85 bits per heavy atom. The molecule has 0 radical (unpaired) electrons. The zero-order valence-electron chi connectivity index (χ0n) is 12.0. The van der Waals surface area contributed by atoms with Gasteiger partial charge in [0.2, 0.25) is 0 Å². The van der Waals surface area contributed by atoms with Crippen LogP contribution in [0.5, 0.6) is 0 Å². The van der Waals surface area contributed by atoms with Crippen LogP contribution in [0.4, 0.5) is 0 Å². The van der Waals surface area contributed by atoms with Crippen molar-refractivity contribution in [2.75, 3.05) is 0 Å². The molecule has 0 saturated heterocycles. The third kappa shape index (κ3) is 2.77. The number of aryl methyl sites for hydroxylation is 3. The maximum absolute atomic E-state index is 6.79. The van der Waals surface area contributed by atoms with Gasteiger partial charge in [0.25, 0.3) is 0 Å². The largest absolute Gasteiger partial charge is 0.246 e. The SMILES string of the molecule is Cc1nc(CC2CCCc3ccccc3C2Cl)sc1C. The minimum absolute atomic E-state index is 0.123. The number of fused-ring (bicyclic) bond motifs is 1. The van der Waals surface area contributed by atoms with Gasteiger partial charge in [-0.05, 0) is 50.2 Å². The summed E-state index contributed by atoms with van der Waals surface area (Å²) in [6, 6.07) is 8.65. The highest BCUT2D eigenvalue weighted by Gasteiger charge is 2.27. The first-order valence-corrected chi connectivity index (χ1v) is 8.55. The van der Waals surface area contributed by atoms with Crippen molar-refractivity contribution in [2.45, 2.75) is 44.9 Å². The Balaban J connectivity index is 1.83. The number of hydrogen-bond acceptors (Lipinski definition) is 2. The van der Waals surface area contributed by atoms with Crippen molar-refractivity contribution >= 4 is 22.9 Å². The van der Waals surface area contributed by atoms with Gasteiger partial charge in [-0.1, -0.05) is 24.3 Å². The zero-order valence-corrected chi connectivity index (χ0v) is 13.6. The van der Waals surface area contributed by atoms with Crippen molar-refractivity contribution in [3.05, 3.63) is 51.0 Å². The summed E-state index contributed by atoms with van der Waals surface area (Å²) in [5, 5.41) is 1.37. The fraction of sp³-hybridized carbons (Fsp3) is 0.471. The lowest BCUT2D eigenvalue weighted by molar-refractivity contribution is 0.464. The van der Waals surface area contributed by atoms with Crippen molar-refractivity contribution in [3.63, 3.8) is 0 Å². The molecule has 2 aromatic rings. The highest BCUT2D eigenvalue weighted by Crippen LogP contribution is 2.40. The van der Waals surface area contributed by atoms with Crippen molar-refractivity contribution in [2.24, 2.45) is 5.92 Å². The van der Waals surface area contributed by atoms with Crippen LogP contribution in [0.2, 0.25) is 0 Å². The topological polar surface area (TPSA) is 12.9 Å². The summed E-state index contributed by atoms with van der Waals surface area (Å²) < 4.78 is 0. The van der Waals surface area contributed by atoms with E-state index in [0.717, 1.165) is 12.8 Å². The van der Waals surface area contributed by atoms with E-state index in [2.05, 4.69) is 43.1 Å². The Kier molecular flexibility index (Phi) is 4.13. The zero-order chi connectivity index (χ0) is 14.1. The molecular weight excluding hydrogens is 286 g/mol. The molecule has 1 aromatic carbocycles. The normalized spacial score (nSPS) is 22.4. The third-order valence-electron chi connectivity index (χ3n) is 4.30. The molecule has 3 rings (SSSR count). The Morgan fingerprint density at radius 1 is 1.30 bits per heavy atom. The molecule has 1 aliphatic rings. The molecule has 0 amide bonds. The van der Waals surface area contributed by atoms with Crippen LogP contribution in [0.1, 0.15) is 44.9 Å². The lowest BCUT2D eigenvalue weighted by Crippen LogP contribution is -2.10. The van der Waals surface area contributed by atoms with E-state index in [1.165, 1.54) is 39.5 Å². The summed E-state index contributed by atoms with van der Waals surface area (Å²) in [4.78, 5) is 6.02. The van der Waals surface area contributed by atoms with Gasteiger partial charge in [-0.25, -0.2) is 4.98 Å². The lowest BCUT2D eigenvalue weighted by atomic mass is 9.93. The average Bonchev–Trinajstić information content (AvgIpc) is 2.66. The van der Waals surface area contributed by atoms with E-state index in [0.29, 0.717) is 5.92 Å². The molecule has 0 spiro atoms. The van der Waals surface area contributed by atoms with Gasteiger partial charge in [-0.3, -0.25) is 0 Å². The molecule has 2 unspecified atom stereocenters. The van der Waals surface area contributed by atoms with Gasteiger partial charge < -0.3 is 0 Å². The Morgan fingerprint density at radius 2 is 2.10 bits per heavy atom. The molecular formula is C17H20ClNS. The van der Waals surface area contributed by atoms with E-state index in [-0.39, 0.29) is 5.38 Å². The summed E-state index contributed by atoms with van der Waals surface area (Å²) in [5.41, 5.74) is 3.94. The van der Waals surface area contributed by atoms with Crippen LogP contribution < -0.4 is 0 Å². The van der Waals surface area contributed by atoms with E-state index in [4.69, 9.17) is 11.6 Å². The lowest BCUT2D eigenvalue weighted by Gasteiger charge is -2.20. The molecule has 2 atom stereocenters. The number of rotatable bonds is 2. The van der Waals surface area contributed by atoms with Crippen LogP contribution in [-0.2, 0) is 12.8 Å². The molecule has 106 valence electrons. The van der Waals surface area contributed by atoms with Gasteiger partial charge >= 0.3 is 0 Å². The van der Waals surface area contributed by atoms with Crippen molar-refractivity contribution in [3.8, 4) is 0 Å². The van der Waals surface area contributed by atoms with Crippen LogP contribution in [0.15, 0.2) is 24.3 Å². The minimum Gasteiger partial charge on any atom is -0.246 e. The fourth-order valence-electron chi connectivity index (χ4n) is 3.04. The number of benzene rings is 1. The number of halogens is 1. The maximum atomic E-state index is 6.79. The number of thiazole rings is 1. The summed E-state index contributed by atoms with van der Waals surface area (Å²) in [6.45, 7) is 4.24. The molecule has 0 N–H and O–H groups in total. The summed E-state index contributed by atoms with van der Waals surface area (Å²) >= 11 is 8.62. The third-order valence-corrected chi connectivity index (χ3v) is 5.98. The maximum Gasteiger partial charge on any atom is 0.0934 e. The molecule has 0 saturated carbocycles. The molecule has 0 bridgehead atoms. The van der Waals surface area contributed by atoms with E-state index < -0.39 is 0 Å². The number of aromatic nitrogens is 1. The molecule has 1 aromatic heterocycles.